The largest absolute Gasteiger partial charge is 0.411 e. The molecule has 182 valence electrons. The molecule has 5 atom stereocenters. The maximum atomic E-state index is 13.1. The highest BCUT2D eigenvalue weighted by molar-refractivity contribution is 5.98. The van der Waals surface area contributed by atoms with E-state index < -0.39 is 5.60 Å². The summed E-state index contributed by atoms with van der Waals surface area (Å²) in [6, 6.07) is 7.76. The molecule has 1 unspecified atom stereocenters. The highest BCUT2D eigenvalue weighted by Gasteiger charge is 2.60. The van der Waals surface area contributed by atoms with Crippen LogP contribution in [0.15, 0.2) is 52.2 Å². The molecule has 5 rings (SSSR count). The molecule has 0 aromatic heterocycles. The van der Waals surface area contributed by atoms with E-state index >= 15 is 0 Å². The third-order valence-electron chi connectivity index (χ3n) is 9.40. The van der Waals surface area contributed by atoms with Crippen LogP contribution in [0, 0.1) is 17.3 Å². The summed E-state index contributed by atoms with van der Waals surface area (Å²) in [7, 11) is 0. The summed E-state index contributed by atoms with van der Waals surface area (Å²) in [5.74, 6) is 1.03. The van der Waals surface area contributed by atoms with Crippen molar-refractivity contribution in [2.45, 2.75) is 76.7 Å². The summed E-state index contributed by atoms with van der Waals surface area (Å²) in [4.78, 5) is 13.1. The molecule has 0 amide bonds. The standard InChI is InChI=1S/C29H37NO4/c1-3-14-34-18-29(32)13-11-26-23-9-8-21-15-27(31)25(20-6-4-19(5-7-20)17-30-33)16-24(21)22(23)10-12-28(26,29)2/h4-7,15,17,23,25-26,32-33H,3,8-14,16,18H2,1-2H3/t23-,25?,26+,28+,29-/m1/s1. The fraction of sp³-hybridized carbons (Fsp3) is 0.586. The van der Waals surface area contributed by atoms with Gasteiger partial charge in [0.1, 0.15) is 0 Å². The number of oxime groups is 1. The summed E-state index contributed by atoms with van der Waals surface area (Å²) in [6.07, 6.45) is 11.0. The lowest BCUT2D eigenvalue weighted by molar-refractivity contribution is -0.132. The fourth-order valence-electron chi connectivity index (χ4n) is 7.43. The monoisotopic (exact) mass is 463 g/mol. The van der Waals surface area contributed by atoms with Crippen molar-refractivity contribution in [3.05, 3.63) is 58.2 Å². The molecule has 1 aromatic rings. The van der Waals surface area contributed by atoms with Crippen molar-refractivity contribution < 1.29 is 19.8 Å². The van der Waals surface area contributed by atoms with Crippen molar-refractivity contribution in [1.82, 2.24) is 0 Å². The van der Waals surface area contributed by atoms with Gasteiger partial charge in [-0.2, -0.15) is 0 Å². The highest BCUT2D eigenvalue weighted by Crippen LogP contribution is 2.63. The minimum Gasteiger partial charge on any atom is -0.411 e. The third-order valence-corrected chi connectivity index (χ3v) is 9.40. The van der Waals surface area contributed by atoms with E-state index in [1.54, 1.807) is 5.57 Å². The van der Waals surface area contributed by atoms with Crippen molar-refractivity contribution in [3.63, 3.8) is 0 Å². The Kier molecular flexibility index (Phi) is 6.28. The van der Waals surface area contributed by atoms with Crippen LogP contribution in [0.25, 0.3) is 0 Å². The predicted octanol–water partition coefficient (Wildman–Crippen LogP) is 5.55. The number of ketones is 1. The molecular weight excluding hydrogens is 426 g/mol. The van der Waals surface area contributed by atoms with Gasteiger partial charge in [0.15, 0.2) is 5.78 Å². The van der Waals surface area contributed by atoms with Crippen molar-refractivity contribution in [3.8, 4) is 0 Å². The number of hydrogen-bond donors (Lipinski definition) is 2. The Morgan fingerprint density at radius 3 is 2.71 bits per heavy atom. The molecule has 1 aromatic carbocycles. The van der Waals surface area contributed by atoms with Gasteiger partial charge in [-0.3, -0.25) is 4.79 Å². The normalized spacial score (nSPS) is 35.2. The first-order chi connectivity index (χ1) is 16.4. The van der Waals surface area contributed by atoms with Crippen LogP contribution in [0.4, 0.5) is 0 Å². The number of carbonyl (C=O) groups excluding carboxylic acids is 1. The van der Waals surface area contributed by atoms with Gasteiger partial charge < -0.3 is 15.1 Å². The molecule has 0 aliphatic heterocycles. The molecule has 0 heterocycles. The summed E-state index contributed by atoms with van der Waals surface area (Å²) in [5, 5.41) is 23.5. The third kappa shape index (κ3) is 3.77. The van der Waals surface area contributed by atoms with E-state index in [1.807, 2.05) is 30.3 Å². The number of carbonyl (C=O) groups is 1. The van der Waals surface area contributed by atoms with Gasteiger partial charge in [-0.25, -0.2) is 0 Å². The van der Waals surface area contributed by atoms with Crippen LogP contribution >= 0.6 is 0 Å². The van der Waals surface area contributed by atoms with Crippen LogP contribution < -0.4 is 0 Å². The number of allylic oxidation sites excluding steroid dienone is 4. The molecule has 4 aliphatic rings. The van der Waals surface area contributed by atoms with Crippen LogP contribution in [0.3, 0.4) is 0 Å². The molecule has 4 aliphatic carbocycles. The van der Waals surface area contributed by atoms with Gasteiger partial charge in [0.2, 0.25) is 0 Å². The van der Waals surface area contributed by atoms with Gasteiger partial charge in [-0.05, 0) is 91.6 Å². The first-order valence-electron chi connectivity index (χ1n) is 12.9. The maximum absolute atomic E-state index is 13.1. The van der Waals surface area contributed by atoms with Crippen LogP contribution in [0.2, 0.25) is 0 Å². The van der Waals surface area contributed by atoms with Crippen LogP contribution in [0.5, 0.6) is 0 Å². The van der Waals surface area contributed by atoms with E-state index in [0.717, 1.165) is 62.5 Å². The SMILES string of the molecule is CCCOC[C@]1(O)CC[C@H]2[C@@H]3CCC4=CC(=O)C(c5ccc(C=NO)cc5)CC4=C3CC[C@@]21C. The Morgan fingerprint density at radius 2 is 1.97 bits per heavy atom. The summed E-state index contributed by atoms with van der Waals surface area (Å²) in [6.45, 7) is 5.57. The first-order valence-corrected chi connectivity index (χ1v) is 12.9. The molecule has 5 heteroatoms. The first kappa shape index (κ1) is 23.5. The van der Waals surface area contributed by atoms with Crippen molar-refractivity contribution >= 4 is 12.0 Å². The molecule has 2 fully saturated rings. The van der Waals surface area contributed by atoms with E-state index in [-0.39, 0.29) is 17.1 Å². The number of rotatable bonds is 6. The van der Waals surface area contributed by atoms with Crippen molar-refractivity contribution in [2.75, 3.05) is 13.2 Å². The zero-order valence-electron chi connectivity index (χ0n) is 20.4. The molecule has 0 spiro atoms. The molecule has 2 N–H and O–H groups in total. The average Bonchev–Trinajstić information content (AvgIpc) is 3.10. The molecular formula is C29H37NO4. The molecule has 2 saturated carbocycles. The number of nitrogens with zero attached hydrogens (tertiary/aromatic N) is 1. The van der Waals surface area contributed by atoms with Crippen molar-refractivity contribution in [1.29, 1.82) is 0 Å². The Bertz CT molecular complexity index is 1040. The minimum atomic E-state index is -0.732. The zero-order chi connectivity index (χ0) is 23.9. The van der Waals surface area contributed by atoms with Crippen LogP contribution in [-0.2, 0) is 9.53 Å². The smallest absolute Gasteiger partial charge is 0.163 e. The van der Waals surface area contributed by atoms with Gasteiger partial charge in [-0.1, -0.05) is 48.8 Å². The number of fused-ring (bicyclic) bond motifs is 4. The maximum Gasteiger partial charge on any atom is 0.163 e. The van der Waals surface area contributed by atoms with Gasteiger partial charge in [0.05, 0.1) is 24.3 Å². The van der Waals surface area contributed by atoms with Crippen LogP contribution in [0.1, 0.15) is 82.3 Å². The summed E-state index contributed by atoms with van der Waals surface area (Å²) in [5.41, 5.74) is 5.22. The molecule has 0 saturated heterocycles. The Morgan fingerprint density at radius 1 is 1.18 bits per heavy atom. The number of hydrogen-bond acceptors (Lipinski definition) is 5. The quantitative estimate of drug-likeness (QED) is 0.251. The van der Waals surface area contributed by atoms with Gasteiger partial charge in [-0.15, -0.1) is 0 Å². The zero-order valence-corrected chi connectivity index (χ0v) is 20.4. The Balaban J connectivity index is 1.42. The number of aliphatic hydroxyl groups is 1. The molecule has 0 radical (unpaired) electrons. The summed E-state index contributed by atoms with van der Waals surface area (Å²) >= 11 is 0. The minimum absolute atomic E-state index is 0.106. The summed E-state index contributed by atoms with van der Waals surface area (Å²) < 4.78 is 5.87. The van der Waals surface area contributed by atoms with E-state index in [1.165, 1.54) is 17.4 Å². The fourth-order valence-corrected chi connectivity index (χ4v) is 7.43. The second kappa shape index (κ2) is 9.09. The molecule has 5 nitrogen and oxygen atoms in total. The second-order valence-corrected chi connectivity index (χ2v) is 11.0. The van der Waals surface area contributed by atoms with Gasteiger partial charge in [0, 0.05) is 12.0 Å². The van der Waals surface area contributed by atoms with Gasteiger partial charge in [0.25, 0.3) is 0 Å². The topological polar surface area (TPSA) is 79.1 Å². The molecule has 34 heavy (non-hydrogen) atoms. The lowest BCUT2D eigenvalue weighted by Crippen LogP contribution is -2.52. The van der Waals surface area contributed by atoms with E-state index in [2.05, 4.69) is 19.0 Å². The van der Waals surface area contributed by atoms with Gasteiger partial charge >= 0.3 is 0 Å². The highest BCUT2D eigenvalue weighted by atomic mass is 16.5. The van der Waals surface area contributed by atoms with Crippen molar-refractivity contribution in [2.24, 2.45) is 22.4 Å². The predicted molar refractivity (Wildman–Crippen MR) is 132 cm³/mol. The Hall–Kier alpha value is -2.24. The van der Waals surface area contributed by atoms with Crippen LogP contribution in [-0.4, -0.2) is 41.1 Å². The second-order valence-electron chi connectivity index (χ2n) is 11.0. The number of benzene rings is 1. The van der Waals surface area contributed by atoms with E-state index in [0.29, 0.717) is 25.0 Å². The van der Waals surface area contributed by atoms with E-state index in [4.69, 9.17) is 9.94 Å². The lowest BCUT2D eigenvalue weighted by Gasteiger charge is -2.52. The average molecular weight is 464 g/mol. The van der Waals surface area contributed by atoms with E-state index in [9.17, 15) is 9.90 Å². The molecule has 0 bridgehead atoms. The Labute approximate surface area is 202 Å². The number of ether oxygens (including phenoxy) is 1. The lowest BCUT2D eigenvalue weighted by atomic mass is 9.55.